The van der Waals surface area contributed by atoms with Crippen molar-refractivity contribution in [1.29, 1.82) is 0 Å². The van der Waals surface area contributed by atoms with E-state index in [1.54, 1.807) is 6.33 Å². The summed E-state index contributed by atoms with van der Waals surface area (Å²) in [5.41, 5.74) is 1.75. The van der Waals surface area contributed by atoms with Crippen LogP contribution in [-0.4, -0.2) is 23.1 Å². The Bertz CT molecular complexity index is 449. The molecule has 2 aliphatic rings. The first kappa shape index (κ1) is 12.7. The van der Waals surface area contributed by atoms with E-state index >= 15 is 0 Å². The summed E-state index contributed by atoms with van der Waals surface area (Å²) in [7, 11) is 0. The maximum Gasteiger partial charge on any atom is 0.134 e. The molecular formula is C15H24N4. The lowest BCUT2D eigenvalue weighted by Crippen LogP contribution is -2.19. The van der Waals surface area contributed by atoms with Gasteiger partial charge in [0.05, 0.1) is 0 Å². The van der Waals surface area contributed by atoms with Crippen LogP contribution in [0.5, 0.6) is 0 Å². The van der Waals surface area contributed by atoms with Crippen LogP contribution < -0.4 is 10.6 Å². The highest BCUT2D eigenvalue weighted by Gasteiger charge is 2.53. The number of hydrogen-bond acceptors (Lipinski definition) is 4. The maximum atomic E-state index is 4.40. The summed E-state index contributed by atoms with van der Waals surface area (Å²) < 4.78 is 0. The lowest BCUT2D eigenvalue weighted by Gasteiger charge is -2.17. The van der Waals surface area contributed by atoms with E-state index in [-0.39, 0.29) is 0 Å². The van der Waals surface area contributed by atoms with E-state index in [0.29, 0.717) is 5.41 Å². The molecule has 4 heteroatoms. The van der Waals surface area contributed by atoms with Crippen LogP contribution in [0.3, 0.4) is 0 Å². The lowest BCUT2D eigenvalue weighted by molar-refractivity contribution is 0.466. The van der Waals surface area contributed by atoms with Crippen LogP contribution in [0, 0.1) is 18.3 Å². The quantitative estimate of drug-likeness (QED) is 0.790. The van der Waals surface area contributed by atoms with E-state index < -0.39 is 0 Å². The van der Waals surface area contributed by atoms with Crippen molar-refractivity contribution in [2.75, 3.05) is 23.7 Å². The van der Waals surface area contributed by atoms with Crippen molar-refractivity contribution >= 4 is 11.6 Å². The van der Waals surface area contributed by atoms with Gasteiger partial charge in [0.25, 0.3) is 0 Å². The van der Waals surface area contributed by atoms with Crippen molar-refractivity contribution in [3.8, 4) is 0 Å². The van der Waals surface area contributed by atoms with Crippen LogP contribution in [0.25, 0.3) is 0 Å². The van der Waals surface area contributed by atoms with E-state index in [0.717, 1.165) is 42.6 Å². The Balaban J connectivity index is 1.63. The Morgan fingerprint density at radius 2 is 1.89 bits per heavy atom. The Morgan fingerprint density at radius 1 is 1.21 bits per heavy atom. The molecule has 19 heavy (non-hydrogen) atoms. The zero-order chi connectivity index (χ0) is 13.3. The van der Waals surface area contributed by atoms with E-state index in [9.17, 15) is 0 Å². The number of nitrogens with one attached hydrogen (secondary N) is 2. The van der Waals surface area contributed by atoms with E-state index in [1.165, 1.54) is 25.7 Å². The van der Waals surface area contributed by atoms with Gasteiger partial charge in [0.1, 0.15) is 18.0 Å². The molecule has 0 amide bonds. The molecule has 1 aromatic rings. The highest BCUT2D eigenvalue weighted by molar-refractivity contribution is 5.56. The molecule has 2 aliphatic carbocycles. The Labute approximate surface area is 115 Å². The summed E-state index contributed by atoms with van der Waals surface area (Å²) in [4.78, 5) is 8.72. The topological polar surface area (TPSA) is 49.8 Å². The third-order valence-corrected chi connectivity index (χ3v) is 4.57. The molecule has 2 saturated carbocycles. The fraction of sp³-hybridized carbons (Fsp3) is 0.733. The first-order chi connectivity index (χ1) is 9.25. The van der Waals surface area contributed by atoms with Gasteiger partial charge in [-0.1, -0.05) is 6.92 Å². The van der Waals surface area contributed by atoms with Crippen molar-refractivity contribution < 1.29 is 0 Å². The molecule has 0 aliphatic heterocycles. The minimum absolute atomic E-state index is 0.606. The number of aromatic nitrogens is 2. The first-order valence-corrected chi connectivity index (χ1v) is 7.54. The fourth-order valence-electron chi connectivity index (χ4n) is 2.90. The van der Waals surface area contributed by atoms with Crippen LogP contribution in [0.2, 0.25) is 0 Å². The van der Waals surface area contributed by atoms with Crippen LogP contribution in [0.15, 0.2) is 6.33 Å². The summed E-state index contributed by atoms with van der Waals surface area (Å²) in [5, 5.41) is 6.92. The van der Waals surface area contributed by atoms with Gasteiger partial charge in [-0.25, -0.2) is 9.97 Å². The molecule has 1 aromatic heterocycles. The van der Waals surface area contributed by atoms with Crippen molar-refractivity contribution in [1.82, 2.24) is 9.97 Å². The number of rotatable bonds is 7. The molecule has 0 unspecified atom stereocenters. The van der Waals surface area contributed by atoms with Gasteiger partial charge < -0.3 is 10.6 Å². The fourth-order valence-corrected chi connectivity index (χ4v) is 2.90. The van der Waals surface area contributed by atoms with Crippen LogP contribution in [0.4, 0.5) is 11.6 Å². The third kappa shape index (κ3) is 2.67. The molecule has 0 atom stereocenters. The highest BCUT2D eigenvalue weighted by Crippen LogP contribution is 2.61. The Morgan fingerprint density at radius 3 is 2.47 bits per heavy atom. The summed E-state index contributed by atoms with van der Waals surface area (Å²) in [6.07, 6.45) is 8.44. The van der Waals surface area contributed by atoms with Gasteiger partial charge in [-0.3, -0.25) is 0 Å². The zero-order valence-electron chi connectivity index (χ0n) is 12.0. The van der Waals surface area contributed by atoms with Crippen molar-refractivity contribution in [2.24, 2.45) is 11.3 Å². The predicted octanol–water partition coefficient (Wildman–Crippen LogP) is 3.21. The first-order valence-electron chi connectivity index (χ1n) is 7.54. The van der Waals surface area contributed by atoms with Crippen LogP contribution in [-0.2, 0) is 0 Å². The molecule has 0 saturated heterocycles. The lowest BCUT2D eigenvalue weighted by atomic mass is 10.0. The van der Waals surface area contributed by atoms with Crippen LogP contribution in [0.1, 0.15) is 44.6 Å². The van der Waals surface area contributed by atoms with Gasteiger partial charge in [-0.2, -0.15) is 0 Å². The SMILES string of the molecule is CCCNc1ncnc(NCC2(C3CC3)CC2)c1C. The van der Waals surface area contributed by atoms with Gasteiger partial charge in [0, 0.05) is 18.7 Å². The van der Waals surface area contributed by atoms with Crippen molar-refractivity contribution in [3.05, 3.63) is 11.9 Å². The normalized spacial score (nSPS) is 20.1. The van der Waals surface area contributed by atoms with Crippen LogP contribution >= 0.6 is 0 Å². The standard InChI is InChI=1S/C15H24N4/c1-3-8-16-13-11(2)14(19-10-18-13)17-9-15(6-7-15)12-4-5-12/h10,12H,3-9H2,1-2H3,(H2,16,17,18,19). The highest BCUT2D eigenvalue weighted by atomic mass is 15.1. The number of nitrogens with zero attached hydrogens (tertiary/aromatic N) is 2. The van der Waals surface area contributed by atoms with Crippen molar-refractivity contribution in [3.63, 3.8) is 0 Å². The molecule has 0 bridgehead atoms. The number of hydrogen-bond donors (Lipinski definition) is 2. The molecule has 0 spiro atoms. The van der Waals surface area contributed by atoms with E-state index in [2.05, 4.69) is 34.4 Å². The largest absolute Gasteiger partial charge is 0.370 e. The monoisotopic (exact) mass is 260 g/mol. The molecule has 2 fully saturated rings. The molecule has 4 nitrogen and oxygen atoms in total. The summed E-state index contributed by atoms with van der Waals surface area (Å²) >= 11 is 0. The van der Waals surface area contributed by atoms with Gasteiger partial charge in [0.15, 0.2) is 0 Å². The smallest absolute Gasteiger partial charge is 0.134 e. The molecule has 104 valence electrons. The average molecular weight is 260 g/mol. The summed E-state index contributed by atoms with van der Waals surface area (Å²) in [6, 6.07) is 0. The average Bonchev–Trinajstić information content (AvgIpc) is 3.28. The summed E-state index contributed by atoms with van der Waals surface area (Å²) in [6.45, 7) is 6.30. The minimum atomic E-state index is 0.606. The molecule has 0 radical (unpaired) electrons. The Kier molecular flexibility index (Phi) is 3.33. The van der Waals surface area contributed by atoms with E-state index in [4.69, 9.17) is 0 Å². The second-order valence-electron chi connectivity index (χ2n) is 6.11. The van der Waals surface area contributed by atoms with Gasteiger partial charge in [0.2, 0.25) is 0 Å². The predicted molar refractivity (Wildman–Crippen MR) is 78.4 cm³/mol. The zero-order valence-corrected chi connectivity index (χ0v) is 12.0. The molecule has 0 aromatic carbocycles. The second kappa shape index (κ2) is 4.99. The Hall–Kier alpha value is -1.32. The minimum Gasteiger partial charge on any atom is -0.370 e. The van der Waals surface area contributed by atoms with Gasteiger partial charge in [-0.15, -0.1) is 0 Å². The van der Waals surface area contributed by atoms with E-state index in [1.807, 2.05) is 0 Å². The van der Waals surface area contributed by atoms with Crippen molar-refractivity contribution in [2.45, 2.75) is 46.0 Å². The number of anilines is 2. The molecule has 1 heterocycles. The maximum absolute atomic E-state index is 4.40. The molecular weight excluding hydrogens is 236 g/mol. The van der Waals surface area contributed by atoms with Gasteiger partial charge >= 0.3 is 0 Å². The molecule has 3 rings (SSSR count). The second-order valence-corrected chi connectivity index (χ2v) is 6.11. The van der Waals surface area contributed by atoms with Gasteiger partial charge in [-0.05, 0) is 50.4 Å². The summed E-state index contributed by atoms with van der Waals surface area (Å²) in [5.74, 6) is 2.95. The third-order valence-electron chi connectivity index (χ3n) is 4.57. The molecule has 2 N–H and O–H groups in total.